The Morgan fingerprint density at radius 1 is 1.39 bits per heavy atom. The number of carbonyl (C=O) groups excluding carboxylic acids is 1. The quantitative estimate of drug-likeness (QED) is 0.846. The Labute approximate surface area is 109 Å². The minimum atomic E-state index is -0.0826. The van der Waals surface area contributed by atoms with Gasteiger partial charge in [0.25, 0.3) is 0 Å². The zero-order valence-electron chi connectivity index (χ0n) is 12.0. The predicted molar refractivity (Wildman–Crippen MR) is 72.4 cm³/mol. The van der Waals surface area contributed by atoms with Crippen molar-refractivity contribution in [2.75, 3.05) is 6.54 Å². The number of nitrogens with one attached hydrogen (secondary N) is 2. The summed E-state index contributed by atoms with van der Waals surface area (Å²) in [6.07, 6.45) is 0.474. The van der Waals surface area contributed by atoms with Gasteiger partial charge in [0.2, 0.25) is 5.91 Å². The zero-order chi connectivity index (χ0) is 13.8. The molecule has 1 heterocycles. The second-order valence-corrected chi connectivity index (χ2v) is 5.66. The summed E-state index contributed by atoms with van der Waals surface area (Å²) in [6, 6.07) is 3.72. The van der Waals surface area contributed by atoms with Gasteiger partial charge in [-0.15, -0.1) is 0 Å². The van der Waals surface area contributed by atoms with E-state index in [-0.39, 0.29) is 17.5 Å². The molecule has 1 rings (SSSR count). The van der Waals surface area contributed by atoms with Crippen LogP contribution in [0.2, 0.25) is 0 Å². The first-order chi connectivity index (χ1) is 8.28. The molecule has 0 saturated carbocycles. The Morgan fingerprint density at radius 2 is 2.06 bits per heavy atom. The molecule has 0 spiro atoms. The number of rotatable bonds is 5. The van der Waals surface area contributed by atoms with Gasteiger partial charge >= 0.3 is 0 Å². The molecule has 1 unspecified atom stereocenters. The molecule has 1 atom stereocenters. The minimum Gasteiger partial charge on any atom is -0.464 e. The van der Waals surface area contributed by atoms with Crippen molar-refractivity contribution in [3.8, 4) is 0 Å². The van der Waals surface area contributed by atoms with Crippen molar-refractivity contribution in [2.45, 2.75) is 52.6 Å². The standard InChI is InChI=1S/C14H24N2O2/c1-10-6-7-12(18-10)11(2)16-13(17)8-9-15-14(3,4)5/h6-7,11,15H,8-9H2,1-5H3,(H,16,17). The fourth-order valence-electron chi connectivity index (χ4n) is 1.62. The van der Waals surface area contributed by atoms with E-state index < -0.39 is 0 Å². The lowest BCUT2D eigenvalue weighted by atomic mass is 10.1. The molecule has 18 heavy (non-hydrogen) atoms. The normalized spacial score (nSPS) is 13.4. The topological polar surface area (TPSA) is 54.3 Å². The smallest absolute Gasteiger partial charge is 0.221 e. The second kappa shape index (κ2) is 6.05. The lowest BCUT2D eigenvalue weighted by Crippen LogP contribution is -2.38. The van der Waals surface area contributed by atoms with Crippen LogP contribution >= 0.6 is 0 Å². The van der Waals surface area contributed by atoms with Gasteiger partial charge in [0.1, 0.15) is 11.5 Å². The molecule has 102 valence electrons. The maximum atomic E-state index is 11.7. The molecule has 0 aromatic carbocycles. The van der Waals surface area contributed by atoms with Gasteiger partial charge in [0.05, 0.1) is 6.04 Å². The molecule has 1 amide bonds. The SMILES string of the molecule is Cc1ccc(C(C)NC(=O)CCNC(C)(C)C)o1. The van der Waals surface area contributed by atoms with Crippen LogP contribution in [-0.4, -0.2) is 18.0 Å². The van der Waals surface area contributed by atoms with Crippen molar-refractivity contribution < 1.29 is 9.21 Å². The first kappa shape index (κ1) is 14.8. The second-order valence-electron chi connectivity index (χ2n) is 5.66. The highest BCUT2D eigenvalue weighted by Gasteiger charge is 2.13. The zero-order valence-corrected chi connectivity index (χ0v) is 12.0. The van der Waals surface area contributed by atoms with Crippen LogP contribution in [0.15, 0.2) is 16.5 Å². The number of aryl methyl sites for hydroxylation is 1. The highest BCUT2D eigenvalue weighted by Crippen LogP contribution is 2.15. The summed E-state index contributed by atoms with van der Waals surface area (Å²) in [5.41, 5.74) is 0.0457. The Kier molecular flexibility index (Phi) is 4.96. The van der Waals surface area contributed by atoms with Crippen LogP contribution in [0.3, 0.4) is 0 Å². The van der Waals surface area contributed by atoms with E-state index in [0.29, 0.717) is 13.0 Å². The van der Waals surface area contributed by atoms with Gasteiger partial charge in [0, 0.05) is 18.5 Å². The van der Waals surface area contributed by atoms with E-state index in [9.17, 15) is 4.79 Å². The Morgan fingerprint density at radius 3 is 2.56 bits per heavy atom. The summed E-state index contributed by atoms with van der Waals surface area (Å²) in [5, 5.41) is 6.21. The minimum absolute atomic E-state index is 0.0355. The van der Waals surface area contributed by atoms with Crippen LogP contribution in [0.4, 0.5) is 0 Å². The number of furan rings is 1. The molecule has 1 aromatic heterocycles. The molecule has 2 N–H and O–H groups in total. The lowest BCUT2D eigenvalue weighted by Gasteiger charge is -2.20. The fourth-order valence-corrected chi connectivity index (χ4v) is 1.62. The molecule has 0 bridgehead atoms. The first-order valence-corrected chi connectivity index (χ1v) is 6.38. The largest absolute Gasteiger partial charge is 0.464 e. The fraction of sp³-hybridized carbons (Fsp3) is 0.643. The third-order valence-corrected chi connectivity index (χ3v) is 2.57. The summed E-state index contributed by atoms with van der Waals surface area (Å²) in [7, 11) is 0. The Hall–Kier alpha value is -1.29. The molecular weight excluding hydrogens is 228 g/mol. The van der Waals surface area contributed by atoms with E-state index in [4.69, 9.17) is 4.42 Å². The van der Waals surface area contributed by atoms with Gasteiger partial charge in [-0.2, -0.15) is 0 Å². The summed E-state index contributed by atoms with van der Waals surface area (Å²) in [6.45, 7) is 10.7. The molecule has 0 aliphatic carbocycles. The highest BCUT2D eigenvalue weighted by atomic mass is 16.3. The van der Waals surface area contributed by atoms with Crippen LogP contribution in [0.1, 0.15) is 51.7 Å². The van der Waals surface area contributed by atoms with Gasteiger partial charge in [-0.1, -0.05) is 0 Å². The predicted octanol–water partition coefficient (Wildman–Crippen LogP) is 2.54. The molecule has 0 aliphatic heterocycles. The molecule has 4 heteroatoms. The first-order valence-electron chi connectivity index (χ1n) is 6.38. The Balaban J connectivity index is 2.32. The van der Waals surface area contributed by atoms with Crippen molar-refractivity contribution in [3.05, 3.63) is 23.7 Å². The molecule has 0 aliphatic rings. The highest BCUT2D eigenvalue weighted by molar-refractivity contribution is 5.76. The van der Waals surface area contributed by atoms with Gasteiger partial charge < -0.3 is 15.1 Å². The van der Waals surface area contributed by atoms with E-state index in [1.165, 1.54) is 0 Å². The van der Waals surface area contributed by atoms with Crippen LogP contribution in [0.5, 0.6) is 0 Å². The molecule has 1 aromatic rings. The molecular formula is C14H24N2O2. The lowest BCUT2D eigenvalue weighted by molar-refractivity contribution is -0.121. The molecule has 0 saturated heterocycles. The maximum Gasteiger partial charge on any atom is 0.221 e. The number of hydrogen-bond donors (Lipinski definition) is 2. The van der Waals surface area contributed by atoms with Gasteiger partial charge in [-0.25, -0.2) is 0 Å². The van der Waals surface area contributed by atoms with E-state index in [1.807, 2.05) is 26.0 Å². The van der Waals surface area contributed by atoms with Crippen molar-refractivity contribution in [3.63, 3.8) is 0 Å². The monoisotopic (exact) mass is 252 g/mol. The summed E-state index contributed by atoms with van der Waals surface area (Å²) in [5.74, 6) is 1.69. The summed E-state index contributed by atoms with van der Waals surface area (Å²) < 4.78 is 5.47. The van der Waals surface area contributed by atoms with Gasteiger partial charge in [0.15, 0.2) is 0 Å². The van der Waals surface area contributed by atoms with Crippen molar-refractivity contribution in [1.82, 2.24) is 10.6 Å². The maximum absolute atomic E-state index is 11.7. The average molecular weight is 252 g/mol. The number of hydrogen-bond acceptors (Lipinski definition) is 3. The van der Waals surface area contributed by atoms with E-state index in [2.05, 4.69) is 31.4 Å². The van der Waals surface area contributed by atoms with Crippen molar-refractivity contribution >= 4 is 5.91 Å². The van der Waals surface area contributed by atoms with Crippen molar-refractivity contribution in [2.24, 2.45) is 0 Å². The van der Waals surface area contributed by atoms with Crippen LogP contribution in [0.25, 0.3) is 0 Å². The molecule has 0 fully saturated rings. The van der Waals surface area contributed by atoms with E-state index >= 15 is 0 Å². The van der Waals surface area contributed by atoms with Crippen LogP contribution in [-0.2, 0) is 4.79 Å². The van der Waals surface area contributed by atoms with Crippen LogP contribution < -0.4 is 10.6 Å². The van der Waals surface area contributed by atoms with Crippen molar-refractivity contribution in [1.29, 1.82) is 0 Å². The van der Waals surface area contributed by atoms with Crippen LogP contribution in [0, 0.1) is 6.92 Å². The number of carbonyl (C=O) groups is 1. The summed E-state index contributed by atoms with van der Waals surface area (Å²) in [4.78, 5) is 11.7. The third-order valence-electron chi connectivity index (χ3n) is 2.57. The van der Waals surface area contributed by atoms with E-state index in [1.54, 1.807) is 0 Å². The van der Waals surface area contributed by atoms with Gasteiger partial charge in [-0.05, 0) is 46.8 Å². The Bertz CT molecular complexity index is 391. The molecule has 4 nitrogen and oxygen atoms in total. The number of amides is 1. The van der Waals surface area contributed by atoms with Gasteiger partial charge in [-0.3, -0.25) is 4.79 Å². The summed E-state index contributed by atoms with van der Waals surface area (Å²) >= 11 is 0. The van der Waals surface area contributed by atoms with E-state index in [0.717, 1.165) is 11.5 Å². The average Bonchev–Trinajstić information content (AvgIpc) is 2.62. The molecule has 0 radical (unpaired) electrons. The third kappa shape index (κ3) is 5.36.